The van der Waals surface area contributed by atoms with Gasteiger partial charge < -0.3 is 14.3 Å². The normalized spacial score (nSPS) is 11.0. The van der Waals surface area contributed by atoms with E-state index in [-0.39, 0.29) is 12.3 Å². The predicted molar refractivity (Wildman–Crippen MR) is 103 cm³/mol. The Balaban J connectivity index is 1.48. The molecule has 0 atom stereocenters. The smallest absolute Gasteiger partial charge is 0.230 e. The summed E-state index contributed by atoms with van der Waals surface area (Å²) in [6.45, 7) is 1.94. The van der Waals surface area contributed by atoms with E-state index < -0.39 is 0 Å². The first-order chi connectivity index (χ1) is 12.6. The SMILES string of the molecule is Cc1cc(Br)ccc1NC(=O)Cc1cc(-c2cc3ccccc3o2)on1. The molecule has 2 aromatic carbocycles. The second-order valence-electron chi connectivity index (χ2n) is 6.02. The quantitative estimate of drug-likeness (QED) is 0.492. The van der Waals surface area contributed by atoms with Crippen LogP contribution in [0, 0.1) is 6.92 Å². The van der Waals surface area contributed by atoms with Gasteiger partial charge in [-0.15, -0.1) is 0 Å². The molecule has 0 aliphatic heterocycles. The number of hydrogen-bond donors (Lipinski definition) is 1. The average molecular weight is 411 g/mol. The van der Waals surface area contributed by atoms with E-state index in [1.165, 1.54) is 0 Å². The molecule has 0 aliphatic rings. The van der Waals surface area contributed by atoms with E-state index in [4.69, 9.17) is 8.94 Å². The average Bonchev–Trinajstić information content (AvgIpc) is 3.23. The lowest BCUT2D eigenvalue weighted by atomic mass is 10.2. The molecule has 0 fully saturated rings. The fourth-order valence-electron chi connectivity index (χ4n) is 2.74. The number of halogens is 1. The third-order valence-corrected chi connectivity index (χ3v) is 4.52. The Kier molecular flexibility index (Phi) is 4.34. The molecule has 0 saturated heterocycles. The zero-order valence-electron chi connectivity index (χ0n) is 14.0. The number of benzene rings is 2. The minimum Gasteiger partial charge on any atom is -0.453 e. The second kappa shape index (κ2) is 6.80. The highest BCUT2D eigenvalue weighted by molar-refractivity contribution is 9.10. The predicted octanol–water partition coefficient (Wildman–Crippen LogP) is 5.34. The van der Waals surface area contributed by atoms with Gasteiger partial charge in [-0.3, -0.25) is 4.79 Å². The fourth-order valence-corrected chi connectivity index (χ4v) is 3.22. The van der Waals surface area contributed by atoms with E-state index >= 15 is 0 Å². The molecule has 0 bridgehead atoms. The Morgan fingerprint density at radius 2 is 1.96 bits per heavy atom. The van der Waals surface area contributed by atoms with Crippen molar-refractivity contribution < 1.29 is 13.7 Å². The number of amides is 1. The molecule has 0 spiro atoms. The van der Waals surface area contributed by atoms with Crippen LogP contribution >= 0.6 is 15.9 Å². The maximum Gasteiger partial charge on any atom is 0.230 e. The Bertz CT molecular complexity index is 1060. The zero-order chi connectivity index (χ0) is 18.1. The largest absolute Gasteiger partial charge is 0.453 e. The maximum absolute atomic E-state index is 12.3. The van der Waals surface area contributed by atoms with Crippen LogP contribution in [0.2, 0.25) is 0 Å². The van der Waals surface area contributed by atoms with E-state index in [1.807, 2.05) is 55.5 Å². The molecule has 0 radical (unpaired) electrons. The molecule has 0 aliphatic carbocycles. The number of furan rings is 1. The number of nitrogens with one attached hydrogen (secondary N) is 1. The number of aromatic nitrogens is 1. The number of nitrogens with zero attached hydrogens (tertiary/aromatic N) is 1. The lowest BCUT2D eigenvalue weighted by molar-refractivity contribution is -0.115. The van der Waals surface area contributed by atoms with Crippen LogP contribution in [0.3, 0.4) is 0 Å². The van der Waals surface area contributed by atoms with Crippen LogP contribution in [0.1, 0.15) is 11.3 Å². The number of fused-ring (bicyclic) bond motifs is 1. The number of rotatable bonds is 4. The highest BCUT2D eigenvalue weighted by Gasteiger charge is 2.14. The summed E-state index contributed by atoms with van der Waals surface area (Å²) in [6.07, 6.45) is 0.124. The van der Waals surface area contributed by atoms with E-state index in [9.17, 15) is 4.79 Å². The van der Waals surface area contributed by atoms with E-state index in [0.29, 0.717) is 17.2 Å². The van der Waals surface area contributed by atoms with Crippen molar-refractivity contribution in [1.82, 2.24) is 5.16 Å². The first-order valence-electron chi connectivity index (χ1n) is 8.09. The van der Waals surface area contributed by atoms with Crippen LogP contribution in [-0.4, -0.2) is 11.1 Å². The Morgan fingerprint density at radius 3 is 2.77 bits per heavy atom. The van der Waals surface area contributed by atoms with E-state index in [1.54, 1.807) is 6.07 Å². The fraction of sp³-hybridized carbons (Fsp3) is 0.100. The molecule has 2 heterocycles. The molecule has 26 heavy (non-hydrogen) atoms. The number of anilines is 1. The summed E-state index contributed by atoms with van der Waals surface area (Å²) in [6, 6.07) is 17.0. The van der Waals surface area contributed by atoms with Gasteiger partial charge in [0.2, 0.25) is 11.7 Å². The molecule has 1 N–H and O–H groups in total. The number of para-hydroxylation sites is 1. The number of aryl methyl sites for hydroxylation is 1. The Morgan fingerprint density at radius 1 is 1.12 bits per heavy atom. The van der Waals surface area contributed by atoms with Crippen molar-refractivity contribution in [3.05, 3.63) is 70.3 Å². The van der Waals surface area contributed by atoms with Crippen LogP contribution < -0.4 is 5.32 Å². The molecule has 5 nitrogen and oxygen atoms in total. The maximum atomic E-state index is 12.3. The molecule has 130 valence electrons. The summed E-state index contributed by atoms with van der Waals surface area (Å²) in [7, 11) is 0. The molecule has 1 amide bonds. The first kappa shape index (κ1) is 16.6. The summed E-state index contributed by atoms with van der Waals surface area (Å²) in [4.78, 5) is 12.3. The van der Waals surface area contributed by atoms with Crippen molar-refractivity contribution in [3.8, 4) is 11.5 Å². The highest BCUT2D eigenvalue weighted by atomic mass is 79.9. The van der Waals surface area contributed by atoms with Gasteiger partial charge in [0.1, 0.15) is 5.58 Å². The standard InChI is InChI=1S/C20H15BrN2O3/c1-12-8-14(21)6-7-16(12)22-20(24)11-15-10-19(26-23-15)18-9-13-4-2-3-5-17(13)25-18/h2-10H,11H2,1H3,(H,22,24). The molecule has 2 aromatic heterocycles. The van der Waals surface area contributed by atoms with Gasteiger partial charge in [-0.25, -0.2) is 0 Å². The van der Waals surface area contributed by atoms with Crippen molar-refractivity contribution in [2.45, 2.75) is 13.3 Å². The van der Waals surface area contributed by atoms with Gasteiger partial charge in [0.05, 0.1) is 12.1 Å². The van der Waals surface area contributed by atoms with Crippen molar-refractivity contribution in [3.63, 3.8) is 0 Å². The van der Waals surface area contributed by atoms with Gasteiger partial charge in [-0.1, -0.05) is 39.3 Å². The summed E-state index contributed by atoms with van der Waals surface area (Å²) in [5, 5.41) is 7.86. The molecular weight excluding hydrogens is 396 g/mol. The minimum atomic E-state index is -0.153. The van der Waals surface area contributed by atoms with Crippen molar-refractivity contribution in [2.24, 2.45) is 0 Å². The zero-order valence-corrected chi connectivity index (χ0v) is 15.5. The van der Waals surface area contributed by atoms with Crippen molar-refractivity contribution in [1.29, 1.82) is 0 Å². The monoisotopic (exact) mass is 410 g/mol. The van der Waals surface area contributed by atoms with Crippen LogP contribution in [0.4, 0.5) is 5.69 Å². The summed E-state index contributed by atoms with van der Waals surface area (Å²) in [5.41, 5.74) is 3.09. The molecular formula is C20H15BrN2O3. The third kappa shape index (κ3) is 3.41. The van der Waals surface area contributed by atoms with Gasteiger partial charge in [-0.05, 0) is 42.8 Å². The second-order valence-corrected chi connectivity index (χ2v) is 6.93. The molecule has 4 aromatic rings. The van der Waals surface area contributed by atoms with Crippen LogP contribution in [-0.2, 0) is 11.2 Å². The van der Waals surface area contributed by atoms with E-state index in [2.05, 4.69) is 26.4 Å². The molecule has 0 unspecified atom stereocenters. The van der Waals surface area contributed by atoms with Crippen LogP contribution in [0.5, 0.6) is 0 Å². The van der Waals surface area contributed by atoms with Crippen LogP contribution in [0.15, 0.2) is 68.0 Å². The number of hydrogen-bond acceptors (Lipinski definition) is 4. The van der Waals surface area contributed by atoms with E-state index in [0.717, 1.165) is 26.7 Å². The van der Waals surface area contributed by atoms with Gasteiger partial charge in [-0.2, -0.15) is 0 Å². The molecule has 0 saturated carbocycles. The van der Waals surface area contributed by atoms with Gasteiger partial charge in [0, 0.05) is 21.6 Å². The Labute approximate surface area is 158 Å². The first-order valence-corrected chi connectivity index (χ1v) is 8.88. The Hall–Kier alpha value is -2.86. The number of carbonyl (C=O) groups excluding carboxylic acids is 1. The van der Waals surface area contributed by atoms with Crippen molar-refractivity contribution in [2.75, 3.05) is 5.32 Å². The van der Waals surface area contributed by atoms with Gasteiger partial charge in [0.25, 0.3) is 0 Å². The number of carbonyl (C=O) groups is 1. The summed E-state index contributed by atoms with van der Waals surface area (Å²) >= 11 is 3.41. The summed E-state index contributed by atoms with van der Waals surface area (Å²) < 4.78 is 12.1. The lowest BCUT2D eigenvalue weighted by Crippen LogP contribution is -2.15. The summed E-state index contributed by atoms with van der Waals surface area (Å²) in [5.74, 6) is 0.942. The van der Waals surface area contributed by atoms with Gasteiger partial charge >= 0.3 is 0 Å². The van der Waals surface area contributed by atoms with Gasteiger partial charge in [0.15, 0.2) is 5.76 Å². The minimum absolute atomic E-state index is 0.124. The highest BCUT2D eigenvalue weighted by Crippen LogP contribution is 2.28. The molecule has 6 heteroatoms. The molecule has 4 rings (SSSR count). The third-order valence-electron chi connectivity index (χ3n) is 4.03. The van der Waals surface area contributed by atoms with Crippen LogP contribution in [0.25, 0.3) is 22.5 Å². The van der Waals surface area contributed by atoms with Crippen molar-refractivity contribution >= 4 is 38.5 Å². The topological polar surface area (TPSA) is 68.3 Å². The lowest BCUT2D eigenvalue weighted by Gasteiger charge is -2.07.